The molecular weight excluding hydrogens is 300 g/mol. The molecule has 15 heavy (non-hydrogen) atoms. The SMILES string of the molecule is O=c1c(Cl)nccn1Cc1ccc(Br)s1. The summed E-state index contributed by atoms with van der Waals surface area (Å²) >= 11 is 10.6. The lowest BCUT2D eigenvalue weighted by Crippen LogP contribution is -2.20. The second-order valence-electron chi connectivity index (χ2n) is 2.86. The number of hydrogen-bond donors (Lipinski definition) is 0. The lowest BCUT2D eigenvalue weighted by Gasteiger charge is -2.02. The summed E-state index contributed by atoms with van der Waals surface area (Å²) in [5, 5.41) is 0.00752. The molecule has 2 aromatic heterocycles. The van der Waals surface area contributed by atoms with Crippen LogP contribution in [0.25, 0.3) is 0 Å². The maximum Gasteiger partial charge on any atom is 0.288 e. The normalized spacial score (nSPS) is 10.5. The fourth-order valence-corrected chi connectivity index (χ4v) is 2.80. The molecule has 0 aliphatic heterocycles. The van der Waals surface area contributed by atoms with Gasteiger partial charge in [0.1, 0.15) is 0 Å². The van der Waals surface area contributed by atoms with Crippen LogP contribution in [0, 0.1) is 0 Å². The number of nitrogens with zero attached hydrogens (tertiary/aromatic N) is 2. The lowest BCUT2D eigenvalue weighted by molar-refractivity contribution is 0.758. The van der Waals surface area contributed by atoms with Gasteiger partial charge in [0, 0.05) is 17.3 Å². The van der Waals surface area contributed by atoms with Crippen LogP contribution in [-0.2, 0) is 6.54 Å². The average molecular weight is 306 g/mol. The third-order valence-electron chi connectivity index (χ3n) is 1.83. The van der Waals surface area contributed by atoms with Crippen molar-refractivity contribution >= 4 is 38.9 Å². The van der Waals surface area contributed by atoms with Crippen molar-refractivity contribution in [2.45, 2.75) is 6.54 Å². The van der Waals surface area contributed by atoms with Crippen LogP contribution in [0.4, 0.5) is 0 Å². The Bertz CT molecular complexity index is 537. The summed E-state index contributed by atoms with van der Waals surface area (Å²) in [6.07, 6.45) is 3.15. The summed E-state index contributed by atoms with van der Waals surface area (Å²) < 4.78 is 2.58. The Labute approximate surface area is 103 Å². The minimum atomic E-state index is -0.260. The van der Waals surface area contributed by atoms with E-state index in [0.29, 0.717) is 6.54 Å². The molecule has 6 heteroatoms. The van der Waals surface area contributed by atoms with Gasteiger partial charge in [-0.25, -0.2) is 4.98 Å². The van der Waals surface area contributed by atoms with Crippen LogP contribution in [0.2, 0.25) is 5.15 Å². The average Bonchev–Trinajstić information content (AvgIpc) is 2.59. The number of hydrogen-bond acceptors (Lipinski definition) is 3. The van der Waals surface area contributed by atoms with Crippen LogP contribution in [0.5, 0.6) is 0 Å². The molecule has 0 N–H and O–H groups in total. The number of aromatic nitrogens is 2. The second kappa shape index (κ2) is 4.47. The van der Waals surface area contributed by atoms with Gasteiger partial charge in [-0.1, -0.05) is 11.6 Å². The highest BCUT2D eigenvalue weighted by molar-refractivity contribution is 9.11. The molecular formula is C9H6BrClN2OS. The fourth-order valence-electron chi connectivity index (χ4n) is 1.15. The molecule has 0 atom stereocenters. The van der Waals surface area contributed by atoms with E-state index < -0.39 is 0 Å². The lowest BCUT2D eigenvalue weighted by atomic mass is 10.4. The van der Waals surface area contributed by atoms with Gasteiger partial charge in [-0.15, -0.1) is 11.3 Å². The molecule has 3 nitrogen and oxygen atoms in total. The predicted octanol–water partition coefficient (Wildman–Crippen LogP) is 2.77. The van der Waals surface area contributed by atoms with E-state index in [0.717, 1.165) is 8.66 Å². The molecule has 0 aliphatic rings. The number of halogens is 2. The van der Waals surface area contributed by atoms with Gasteiger partial charge in [-0.05, 0) is 28.1 Å². The van der Waals surface area contributed by atoms with E-state index in [9.17, 15) is 4.79 Å². The van der Waals surface area contributed by atoms with Crippen molar-refractivity contribution in [2.75, 3.05) is 0 Å². The quantitative estimate of drug-likeness (QED) is 0.855. The largest absolute Gasteiger partial charge is 0.306 e. The third kappa shape index (κ3) is 2.48. The van der Waals surface area contributed by atoms with E-state index in [1.165, 1.54) is 10.8 Å². The molecule has 2 rings (SSSR count). The number of thiophene rings is 1. The van der Waals surface area contributed by atoms with Crippen molar-refractivity contribution in [2.24, 2.45) is 0 Å². The van der Waals surface area contributed by atoms with E-state index in [-0.39, 0.29) is 10.7 Å². The Morgan fingerprint density at radius 1 is 1.53 bits per heavy atom. The van der Waals surface area contributed by atoms with Gasteiger partial charge >= 0.3 is 0 Å². The van der Waals surface area contributed by atoms with Crippen molar-refractivity contribution in [1.29, 1.82) is 0 Å². The van der Waals surface area contributed by atoms with Crippen molar-refractivity contribution in [1.82, 2.24) is 9.55 Å². The maximum absolute atomic E-state index is 11.5. The van der Waals surface area contributed by atoms with Gasteiger partial charge in [0.15, 0.2) is 5.15 Å². The molecule has 2 aromatic rings. The molecule has 0 spiro atoms. The monoisotopic (exact) mass is 304 g/mol. The molecule has 0 radical (unpaired) electrons. The Morgan fingerprint density at radius 3 is 3.00 bits per heavy atom. The van der Waals surface area contributed by atoms with Crippen LogP contribution in [0.1, 0.15) is 4.88 Å². The van der Waals surface area contributed by atoms with Crippen LogP contribution in [0.3, 0.4) is 0 Å². The first-order valence-electron chi connectivity index (χ1n) is 4.12. The number of rotatable bonds is 2. The minimum absolute atomic E-state index is 0.00752. The van der Waals surface area contributed by atoms with Crippen LogP contribution >= 0.6 is 38.9 Å². The standard InChI is InChI=1S/C9H6BrClN2OS/c10-7-2-1-6(15-7)5-13-4-3-12-8(11)9(13)14/h1-4H,5H2. The zero-order valence-corrected chi connectivity index (χ0v) is 10.6. The first-order chi connectivity index (χ1) is 7.16. The summed E-state index contributed by atoms with van der Waals surface area (Å²) in [5.41, 5.74) is -0.260. The topological polar surface area (TPSA) is 34.9 Å². The minimum Gasteiger partial charge on any atom is -0.306 e. The van der Waals surface area contributed by atoms with E-state index in [1.807, 2.05) is 12.1 Å². The Morgan fingerprint density at radius 2 is 2.33 bits per heavy atom. The van der Waals surface area contributed by atoms with E-state index >= 15 is 0 Å². The van der Waals surface area contributed by atoms with Gasteiger partial charge in [-0.3, -0.25) is 4.79 Å². The van der Waals surface area contributed by atoms with Gasteiger partial charge in [-0.2, -0.15) is 0 Å². The predicted molar refractivity (Wildman–Crippen MR) is 64.6 cm³/mol. The summed E-state index contributed by atoms with van der Waals surface area (Å²) in [6.45, 7) is 0.525. The van der Waals surface area contributed by atoms with Gasteiger partial charge < -0.3 is 4.57 Å². The molecule has 0 aromatic carbocycles. The second-order valence-corrected chi connectivity index (χ2v) is 5.76. The Kier molecular flexibility index (Phi) is 3.23. The summed E-state index contributed by atoms with van der Waals surface area (Å²) in [4.78, 5) is 16.3. The molecule has 78 valence electrons. The highest BCUT2D eigenvalue weighted by Gasteiger charge is 2.03. The van der Waals surface area contributed by atoms with Gasteiger partial charge in [0.05, 0.1) is 10.3 Å². The molecule has 0 saturated carbocycles. The van der Waals surface area contributed by atoms with E-state index in [4.69, 9.17) is 11.6 Å². The smallest absolute Gasteiger partial charge is 0.288 e. The van der Waals surface area contributed by atoms with Gasteiger partial charge in [0.25, 0.3) is 5.56 Å². The molecule has 0 unspecified atom stereocenters. The van der Waals surface area contributed by atoms with Crippen LogP contribution < -0.4 is 5.56 Å². The van der Waals surface area contributed by atoms with Gasteiger partial charge in [0.2, 0.25) is 0 Å². The van der Waals surface area contributed by atoms with E-state index in [2.05, 4.69) is 20.9 Å². The summed E-state index contributed by atoms with van der Waals surface area (Å²) in [7, 11) is 0. The third-order valence-corrected chi connectivity index (χ3v) is 3.69. The van der Waals surface area contributed by atoms with Crippen LogP contribution in [-0.4, -0.2) is 9.55 Å². The Balaban J connectivity index is 2.32. The summed E-state index contributed by atoms with van der Waals surface area (Å²) in [6, 6.07) is 3.92. The highest BCUT2D eigenvalue weighted by Crippen LogP contribution is 2.22. The molecule has 0 fully saturated rings. The van der Waals surface area contributed by atoms with Crippen molar-refractivity contribution in [3.8, 4) is 0 Å². The van der Waals surface area contributed by atoms with E-state index in [1.54, 1.807) is 17.5 Å². The highest BCUT2D eigenvalue weighted by atomic mass is 79.9. The molecule has 0 amide bonds. The molecule has 0 bridgehead atoms. The van der Waals surface area contributed by atoms with Crippen molar-refractivity contribution < 1.29 is 0 Å². The Hall–Kier alpha value is -0.650. The van der Waals surface area contributed by atoms with Crippen LogP contribution in [0.15, 0.2) is 33.1 Å². The maximum atomic E-state index is 11.5. The zero-order chi connectivity index (χ0) is 10.8. The first kappa shape index (κ1) is 10.9. The molecule has 0 aliphatic carbocycles. The zero-order valence-electron chi connectivity index (χ0n) is 7.48. The van der Waals surface area contributed by atoms with Crippen molar-refractivity contribution in [3.63, 3.8) is 0 Å². The molecule has 2 heterocycles. The van der Waals surface area contributed by atoms with Crippen molar-refractivity contribution in [3.05, 3.63) is 48.7 Å². The summed E-state index contributed by atoms with van der Waals surface area (Å²) in [5.74, 6) is 0. The first-order valence-corrected chi connectivity index (χ1v) is 6.11. The molecule has 0 saturated heterocycles. The fraction of sp³-hybridized carbons (Fsp3) is 0.111.